The van der Waals surface area contributed by atoms with E-state index in [1.165, 1.54) is 26.2 Å². The molecular weight excluding hydrogens is 404 g/mol. The topological polar surface area (TPSA) is 66.5 Å². The molecule has 0 saturated heterocycles. The van der Waals surface area contributed by atoms with Gasteiger partial charge in [-0.2, -0.15) is 0 Å². The van der Waals surface area contributed by atoms with E-state index in [1.54, 1.807) is 12.1 Å². The van der Waals surface area contributed by atoms with Crippen molar-refractivity contribution in [3.63, 3.8) is 0 Å². The van der Waals surface area contributed by atoms with Gasteiger partial charge in [-0.05, 0) is 48.7 Å². The predicted octanol–water partition coefficient (Wildman–Crippen LogP) is 3.37. The van der Waals surface area contributed by atoms with Crippen LogP contribution in [0.1, 0.15) is 18.4 Å². The van der Waals surface area contributed by atoms with Crippen molar-refractivity contribution in [2.45, 2.75) is 23.2 Å². The van der Waals surface area contributed by atoms with Crippen LogP contribution in [-0.4, -0.2) is 32.7 Å². The molecule has 0 spiro atoms. The molecule has 0 radical (unpaired) electrons. The molecule has 2 aromatic carbocycles. The van der Waals surface area contributed by atoms with Crippen molar-refractivity contribution >= 4 is 37.5 Å². The Morgan fingerprint density at radius 2 is 1.76 bits per heavy atom. The molecular formula is C18H19BrN2O3S. The van der Waals surface area contributed by atoms with Crippen molar-refractivity contribution in [2.75, 3.05) is 19.4 Å². The van der Waals surface area contributed by atoms with Gasteiger partial charge in [0.05, 0.1) is 10.3 Å². The molecule has 0 heterocycles. The van der Waals surface area contributed by atoms with Crippen LogP contribution in [0.5, 0.6) is 0 Å². The number of benzene rings is 2. The van der Waals surface area contributed by atoms with E-state index in [-0.39, 0.29) is 10.8 Å². The van der Waals surface area contributed by atoms with Gasteiger partial charge in [-0.1, -0.05) is 34.1 Å². The Kier molecular flexibility index (Phi) is 4.74. The van der Waals surface area contributed by atoms with E-state index in [0.29, 0.717) is 5.69 Å². The molecule has 7 heteroatoms. The predicted molar refractivity (Wildman–Crippen MR) is 101 cm³/mol. The molecule has 5 nitrogen and oxygen atoms in total. The third-order valence-corrected chi connectivity index (χ3v) is 6.79. The van der Waals surface area contributed by atoms with Crippen molar-refractivity contribution in [3.8, 4) is 0 Å². The number of amides is 1. The maximum absolute atomic E-state index is 12.8. The lowest BCUT2D eigenvalue weighted by Crippen LogP contribution is -2.28. The van der Waals surface area contributed by atoms with E-state index in [0.717, 1.165) is 27.2 Å². The number of hydrogen-bond donors (Lipinski definition) is 1. The molecule has 2 aromatic rings. The standard InChI is InChI=1S/C18H19BrN2O3S/c1-21(2)25(23,24)16-5-3-4-15(12-16)20-17(22)18(10-11-18)13-6-8-14(19)9-7-13/h3-9,12H,10-11H2,1-2H3,(H,20,22). The molecule has 0 aliphatic heterocycles. The summed E-state index contributed by atoms with van der Waals surface area (Å²) in [6, 6.07) is 14.1. The van der Waals surface area contributed by atoms with Crippen LogP contribution in [0.2, 0.25) is 0 Å². The summed E-state index contributed by atoms with van der Waals surface area (Å²) in [6.07, 6.45) is 1.58. The molecule has 3 rings (SSSR count). The van der Waals surface area contributed by atoms with E-state index in [4.69, 9.17) is 0 Å². The fourth-order valence-electron chi connectivity index (χ4n) is 2.74. The Hall–Kier alpha value is -1.70. The maximum atomic E-state index is 12.8. The van der Waals surface area contributed by atoms with Gasteiger partial charge in [0, 0.05) is 24.3 Å². The highest BCUT2D eigenvalue weighted by Gasteiger charge is 2.51. The van der Waals surface area contributed by atoms with E-state index < -0.39 is 15.4 Å². The molecule has 0 aromatic heterocycles. The highest BCUT2D eigenvalue weighted by Crippen LogP contribution is 2.49. The maximum Gasteiger partial charge on any atom is 0.242 e. The highest BCUT2D eigenvalue weighted by molar-refractivity contribution is 9.10. The van der Waals surface area contributed by atoms with Crippen molar-refractivity contribution in [2.24, 2.45) is 0 Å². The van der Waals surface area contributed by atoms with Crippen LogP contribution in [0.15, 0.2) is 57.9 Å². The fraction of sp³-hybridized carbons (Fsp3) is 0.278. The average molecular weight is 423 g/mol. The summed E-state index contributed by atoms with van der Waals surface area (Å²) in [7, 11) is -0.576. The molecule has 1 aliphatic carbocycles. The van der Waals surface area contributed by atoms with E-state index >= 15 is 0 Å². The van der Waals surface area contributed by atoms with Gasteiger partial charge < -0.3 is 5.32 Å². The number of anilines is 1. The summed E-state index contributed by atoms with van der Waals surface area (Å²) in [5.74, 6) is -0.103. The van der Waals surface area contributed by atoms with E-state index in [1.807, 2.05) is 24.3 Å². The summed E-state index contributed by atoms with van der Waals surface area (Å²) >= 11 is 3.40. The summed E-state index contributed by atoms with van der Waals surface area (Å²) in [5, 5.41) is 2.88. The largest absolute Gasteiger partial charge is 0.325 e. The first-order valence-corrected chi connectivity index (χ1v) is 10.1. The van der Waals surface area contributed by atoms with E-state index in [9.17, 15) is 13.2 Å². The third-order valence-electron chi connectivity index (χ3n) is 4.45. The van der Waals surface area contributed by atoms with Gasteiger partial charge in [0.25, 0.3) is 0 Å². The van der Waals surface area contributed by atoms with Crippen LogP contribution >= 0.6 is 15.9 Å². The van der Waals surface area contributed by atoms with Gasteiger partial charge in [0.2, 0.25) is 15.9 Å². The van der Waals surface area contributed by atoms with Gasteiger partial charge in [0.1, 0.15) is 0 Å². The SMILES string of the molecule is CN(C)S(=O)(=O)c1cccc(NC(=O)C2(c3ccc(Br)cc3)CC2)c1. The smallest absolute Gasteiger partial charge is 0.242 e. The van der Waals surface area contributed by atoms with Gasteiger partial charge in [-0.15, -0.1) is 0 Å². The molecule has 1 amide bonds. The normalized spacial score (nSPS) is 15.8. The molecule has 0 bridgehead atoms. The van der Waals surface area contributed by atoms with Crippen molar-refractivity contribution in [1.29, 1.82) is 0 Å². The van der Waals surface area contributed by atoms with Crippen LogP contribution in [-0.2, 0) is 20.2 Å². The lowest BCUT2D eigenvalue weighted by molar-refractivity contribution is -0.118. The van der Waals surface area contributed by atoms with Crippen LogP contribution < -0.4 is 5.32 Å². The minimum absolute atomic E-state index is 0.103. The Morgan fingerprint density at radius 1 is 1.12 bits per heavy atom. The molecule has 132 valence electrons. The van der Waals surface area contributed by atoms with Gasteiger partial charge >= 0.3 is 0 Å². The Morgan fingerprint density at radius 3 is 2.32 bits per heavy atom. The van der Waals surface area contributed by atoms with E-state index in [2.05, 4.69) is 21.2 Å². The number of sulfonamides is 1. The molecule has 1 fully saturated rings. The number of nitrogens with one attached hydrogen (secondary N) is 1. The Bertz CT molecular complexity index is 904. The van der Waals surface area contributed by atoms with Gasteiger partial charge in [-0.25, -0.2) is 12.7 Å². The first-order valence-electron chi connectivity index (χ1n) is 7.86. The first kappa shape index (κ1) is 18.1. The first-order chi connectivity index (χ1) is 11.8. The quantitative estimate of drug-likeness (QED) is 0.802. The van der Waals surface area contributed by atoms with Crippen LogP contribution in [0.4, 0.5) is 5.69 Å². The zero-order valence-corrected chi connectivity index (χ0v) is 16.4. The molecule has 0 atom stereocenters. The summed E-state index contributed by atoms with van der Waals surface area (Å²) in [6.45, 7) is 0. The Labute approximate surface area is 156 Å². The lowest BCUT2D eigenvalue weighted by Gasteiger charge is -2.17. The third kappa shape index (κ3) is 3.49. The molecule has 25 heavy (non-hydrogen) atoms. The van der Waals surface area contributed by atoms with Crippen LogP contribution in [0, 0.1) is 0 Å². The summed E-state index contributed by atoms with van der Waals surface area (Å²) in [5.41, 5.74) is 0.943. The number of halogens is 1. The zero-order chi connectivity index (χ0) is 18.2. The molecule has 0 unspecified atom stereocenters. The average Bonchev–Trinajstić information content (AvgIpc) is 3.37. The number of carbonyl (C=O) groups excluding carboxylic acids is 1. The summed E-state index contributed by atoms with van der Waals surface area (Å²) < 4.78 is 26.6. The van der Waals surface area contributed by atoms with Crippen molar-refractivity contribution in [1.82, 2.24) is 4.31 Å². The minimum Gasteiger partial charge on any atom is -0.325 e. The van der Waals surface area contributed by atoms with Crippen molar-refractivity contribution in [3.05, 3.63) is 58.6 Å². The number of carbonyl (C=O) groups is 1. The number of hydrogen-bond acceptors (Lipinski definition) is 3. The zero-order valence-electron chi connectivity index (χ0n) is 14.0. The van der Waals surface area contributed by atoms with Gasteiger partial charge in [-0.3, -0.25) is 4.79 Å². The molecule has 1 aliphatic rings. The fourth-order valence-corrected chi connectivity index (χ4v) is 3.95. The summed E-state index contributed by atoms with van der Waals surface area (Å²) in [4.78, 5) is 13.0. The highest BCUT2D eigenvalue weighted by atomic mass is 79.9. The Balaban J connectivity index is 1.83. The number of rotatable bonds is 5. The lowest BCUT2D eigenvalue weighted by atomic mass is 9.95. The van der Waals surface area contributed by atoms with Crippen LogP contribution in [0.25, 0.3) is 0 Å². The minimum atomic E-state index is -3.54. The van der Waals surface area contributed by atoms with Crippen LogP contribution in [0.3, 0.4) is 0 Å². The monoisotopic (exact) mass is 422 g/mol. The second-order valence-electron chi connectivity index (χ2n) is 6.36. The second kappa shape index (κ2) is 6.55. The molecule has 1 N–H and O–H groups in total. The second-order valence-corrected chi connectivity index (χ2v) is 9.43. The van der Waals surface area contributed by atoms with Crippen molar-refractivity contribution < 1.29 is 13.2 Å². The molecule has 1 saturated carbocycles. The number of nitrogens with zero attached hydrogens (tertiary/aromatic N) is 1. The van der Waals surface area contributed by atoms with Gasteiger partial charge in [0.15, 0.2) is 0 Å².